The van der Waals surface area contributed by atoms with Gasteiger partial charge in [-0.1, -0.05) is 42.5 Å². The van der Waals surface area contributed by atoms with E-state index in [2.05, 4.69) is 10.4 Å². The minimum Gasteiger partial charge on any atom is -0.484 e. The zero-order valence-corrected chi connectivity index (χ0v) is 18.1. The van der Waals surface area contributed by atoms with Crippen LogP contribution < -0.4 is 14.8 Å². The average Bonchev–Trinajstić information content (AvgIpc) is 3.23. The molecule has 166 valence electrons. The summed E-state index contributed by atoms with van der Waals surface area (Å²) in [6.45, 7) is 2.20. The maximum absolute atomic E-state index is 12.2. The van der Waals surface area contributed by atoms with Gasteiger partial charge in [0.1, 0.15) is 18.6 Å². The van der Waals surface area contributed by atoms with E-state index in [1.165, 1.54) is 0 Å². The number of aryl methyl sites for hydroxylation is 1. The van der Waals surface area contributed by atoms with Crippen molar-refractivity contribution in [2.75, 3.05) is 11.9 Å². The fourth-order valence-corrected chi connectivity index (χ4v) is 3.21. The quantitative estimate of drug-likeness (QED) is 0.384. The molecule has 33 heavy (non-hydrogen) atoms. The highest BCUT2D eigenvalue weighted by molar-refractivity contribution is 5.92. The molecule has 0 bridgehead atoms. The summed E-state index contributed by atoms with van der Waals surface area (Å²) in [6.07, 6.45) is 0.729. The third-order valence-corrected chi connectivity index (χ3v) is 4.79. The van der Waals surface area contributed by atoms with Gasteiger partial charge < -0.3 is 14.8 Å². The molecular formula is C26H23N3O4. The minimum absolute atomic E-state index is 0.156. The molecule has 4 aromatic rings. The lowest BCUT2D eigenvalue weighted by molar-refractivity contribution is -0.118. The Morgan fingerprint density at radius 2 is 1.76 bits per heavy atom. The van der Waals surface area contributed by atoms with Crippen LogP contribution in [0, 0.1) is 6.92 Å². The van der Waals surface area contributed by atoms with Gasteiger partial charge in [0.2, 0.25) is 5.88 Å². The zero-order chi connectivity index (χ0) is 23.0. The summed E-state index contributed by atoms with van der Waals surface area (Å²) in [7, 11) is 0. The molecule has 1 amide bonds. The van der Waals surface area contributed by atoms with Crippen LogP contribution in [0.2, 0.25) is 0 Å². The van der Waals surface area contributed by atoms with Gasteiger partial charge in [0.15, 0.2) is 6.61 Å². The first-order chi connectivity index (χ1) is 16.1. The Balaban J connectivity index is 1.36. The summed E-state index contributed by atoms with van der Waals surface area (Å²) in [5, 5.41) is 7.23. The molecule has 0 aliphatic rings. The van der Waals surface area contributed by atoms with Crippen LogP contribution in [-0.2, 0) is 11.4 Å². The first-order valence-electron chi connectivity index (χ1n) is 10.4. The standard InChI is InChI=1S/C26H23N3O4/c1-19-14-26(33-17-20-6-3-2-4-7-20)29(28-19)23-10-12-24(13-11-23)32-18-25(31)27-22-9-5-8-21(15-22)16-30/h2-16H,17-18H2,1H3,(H,27,31). The van der Waals surface area contributed by atoms with E-state index >= 15 is 0 Å². The van der Waals surface area contributed by atoms with Crippen LogP contribution in [0.15, 0.2) is 84.9 Å². The summed E-state index contributed by atoms with van der Waals surface area (Å²) in [6, 6.07) is 25.7. The number of carbonyl (C=O) groups excluding carboxylic acids is 2. The number of amides is 1. The Morgan fingerprint density at radius 1 is 0.970 bits per heavy atom. The Morgan fingerprint density at radius 3 is 2.52 bits per heavy atom. The molecule has 0 saturated carbocycles. The summed E-state index contributed by atoms with van der Waals surface area (Å²) >= 11 is 0. The third-order valence-electron chi connectivity index (χ3n) is 4.79. The van der Waals surface area contributed by atoms with E-state index in [4.69, 9.17) is 9.47 Å². The highest BCUT2D eigenvalue weighted by Crippen LogP contribution is 2.22. The molecule has 0 saturated heterocycles. The molecule has 0 aliphatic heterocycles. The zero-order valence-electron chi connectivity index (χ0n) is 18.1. The van der Waals surface area contributed by atoms with Crippen molar-refractivity contribution in [2.24, 2.45) is 0 Å². The van der Waals surface area contributed by atoms with Crippen LogP contribution in [0.4, 0.5) is 5.69 Å². The first kappa shape index (κ1) is 21.8. The number of anilines is 1. The van der Waals surface area contributed by atoms with E-state index in [9.17, 15) is 9.59 Å². The second-order valence-electron chi connectivity index (χ2n) is 7.38. The van der Waals surface area contributed by atoms with Crippen LogP contribution in [0.5, 0.6) is 11.6 Å². The van der Waals surface area contributed by atoms with Crippen LogP contribution in [0.3, 0.4) is 0 Å². The number of benzene rings is 3. The number of ether oxygens (including phenoxy) is 2. The normalized spacial score (nSPS) is 10.5. The van der Waals surface area contributed by atoms with E-state index < -0.39 is 0 Å². The highest BCUT2D eigenvalue weighted by atomic mass is 16.5. The monoisotopic (exact) mass is 441 g/mol. The number of carbonyl (C=O) groups is 2. The summed E-state index contributed by atoms with van der Waals surface area (Å²) in [5.41, 5.74) is 3.76. The van der Waals surface area contributed by atoms with Gasteiger partial charge >= 0.3 is 0 Å². The van der Waals surface area contributed by atoms with Crippen LogP contribution in [0.1, 0.15) is 21.6 Å². The summed E-state index contributed by atoms with van der Waals surface area (Å²) in [5.74, 6) is 0.870. The van der Waals surface area contributed by atoms with Gasteiger partial charge in [-0.25, -0.2) is 4.68 Å². The van der Waals surface area contributed by atoms with Crippen molar-refractivity contribution in [1.29, 1.82) is 0 Å². The van der Waals surface area contributed by atoms with E-state index in [0.29, 0.717) is 29.5 Å². The number of aldehydes is 1. The van der Waals surface area contributed by atoms with E-state index in [0.717, 1.165) is 23.2 Å². The lowest BCUT2D eigenvalue weighted by Gasteiger charge is -2.11. The number of hydrogen-bond donors (Lipinski definition) is 1. The van der Waals surface area contributed by atoms with Crippen LogP contribution >= 0.6 is 0 Å². The number of hydrogen-bond acceptors (Lipinski definition) is 5. The molecule has 0 spiro atoms. The molecule has 0 unspecified atom stereocenters. The summed E-state index contributed by atoms with van der Waals surface area (Å²) < 4.78 is 13.3. The Bertz CT molecular complexity index is 1230. The van der Waals surface area contributed by atoms with Crippen LogP contribution in [-0.4, -0.2) is 28.6 Å². The topological polar surface area (TPSA) is 82.5 Å². The molecule has 7 heteroatoms. The molecule has 1 aromatic heterocycles. The molecule has 7 nitrogen and oxygen atoms in total. The van der Waals surface area contributed by atoms with Crippen molar-refractivity contribution in [3.63, 3.8) is 0 Å². The van der Waals surface area contributed by atoms with Crippen LogP contribution in [0.25, 0.3) is 5.69 Å². The maximum Gasteiger partial charge on any atom is 0.262 e. The largest absolute Gasteiger partial charge is 0.484 e. The van der Waals surface area contributed by atoms with Crippen molar-refractivity contribution < 1.29 is 19.1 Å². The van der Waals surface area contributed by atoms with Crippen molar-refractivity contribution in [1.82, 2.24) is 9.78 Å². The second kappa shape index (κ2) is 10.3. The molecule has 0 radical (unpaired) electrons. The van der Waals surface area contributed by atoms with Crippen molar-refractivity contribution in [3.8, 4) is 17.3 Å². The predicted octanol–water partition coefficient (Wildman–Crippen LogP) is 4.59. The molecule has 3 aromatic carbocycles. The first-order valence-corrected chi connectivity index (χ1v) is 10.4. The highest BCUT2D eigenvalue weighted by Gasteiger charge is 2.10. The number of nitrogens with one attached hydrogen (secondary N) is 1. The van der Waals surface area contributed by atoms with Crippen molar-refractivity contribution in [3.05, 3.63) is 102 Å². The Hall–Kier alpha value is -4.39. The maximum atomic E-state index is 12.2. The SMILES string of the molecule is Cc1cc(OCc2ccccc2)n(-c2ccc(OCC(=O)Nc3cccc(C=O)c3)cc2)n1. The smallest absolute Gasteiger partial charge is 0.262 e. The van der Waals surface area contributed by atoms with Gasteiger partial charge in [0, 0.05) is 17.3 Å². The average molecular weight is 441 g/mol. The molecule has 4 rings (SSSR count). The lowest BCUT2D eigenvalue weighted by Crippen LogP contribution is -2.20. The lowest BCUT2D eigenvalue weighted by atomic mass is 10.2. The fraction of sp³-hybridized carbons (Fsp3) is 0.115. The summed E-state index contributed by atoms with van der Waals surface area (Å²) in [4.78, 5) is 23.0. The molecule has 1 N–H and O–H groups in total. The van der Waals surface area contributed by atoms with Gasteiger partial charge in [-0.15, -0.1) is 0 Å². The Labute approximate surface area is 191 Å². The van der Waals surface area contributed by atoms with E-state index in [1.54, 1.807) is 41.1 Å². The number of rotatable bonds is 9. The van der Waals surface area contributed by atoms with Gasteiger partial charge in [-0.3, -0.25) is 9.59 Å². The molecule has 0 fully saturated rings. The molecular weight excluding hydrogens is 418 g/mol. The predicted molar refractivity (Wildman–Crippen MR) is 125 cm³/mol. The third kappa shape index (κ3) is 5.86. The van der Waals surface area contributed by atoms with Crippen molar-refractivity contribution >= 4 is 17.9 Å². The molecule has 0 aliphatic carbocycles. The second-order valence-corrected chi connectivity index (χ2v) is 7.38. The number of nitrogens with zero attached hydrogens (tertiary/aromatic N) is 2. The molecule has 1 heterocycles. The van der Waals surface area contributed by atoms with Gasteiger partial charge in [-0.05, 0) is 48.9 Å². The minimum atomic E-state index is -0.318. The van der Waals surface area contributed by atoms with E-state index in [1.807, 2.05) is 55.5 Å². The van der Waals surface area contributed by atoms with Gasteiger partial charge in [0.05, 0.1) is 11.4 Å². The Kier molecular flexibility index (Phi) is 6.80. The fourth-order valence-electron chi connectivity index (χ4n) is 3.21. The molecule has 0 atom stereocenters. The van der Waals surface area contributed by atoms with Crippen molar-refractivity contribution in [2.45, 2.75) is 13.5 Å². The van der Waals surface area contributed by atoms with Gasteiger partial charge in [0.25, 0.3) is 5.91 Å². The number of aromatic nitrogens is 2. The van der Waals surface area contributed by atoms with E-state index in [-0.39, 0.29) is 12.5 Å². The van der Waals surface area contributed by atoms with Gasteiger partial charge in [-0.2, -0.15) is 5.10 Å².